The number of halogens is 3. The van der Waals surface area contributed by atoms with Crippen LogP contribution in [0.2, 0.25) is 0 Å². The number of nitrogens with zero attached hydrogens (tertiary/aromatic N) is 2. The van der Waals surface area contributed by atoms with Crippen LogP contribution in [-0.2, 0) is 0 Å². The lowest BCUT2D eigenvalue weighted by atomic mass is 10.1. The van der Waals surface area contributed by atoms with Gasteiger partial charge in [0.15, 0.2) is 0 Å². The molecule has 0 unspecified atom stereocenters. The Morgan fingerprint density at radius 3 is 2.14 bits per heavy atom. The van der Waals surface area contributed by atoms with Gasteiger partial charge >= 0.3 is 6.36 Å². The number of hydrogen-bond acceptors (Lipinski definition) is 4. The first-order valence-corrected chi connectivity index (χ1v) is 7.36. The average molecular weight is 318 g/mol. The Hall–Kier alpha value is -1.31. The number of aliphatic hydroxyl groups excluding tert-OH is 1. The largest absolute Gasteiger partial charge is 0.573 e. The van der Waals surface area contributed by atoms with E-state index < -0.39 is 12.5 Å². The normalized spacial score (nSPS) is 19.1. The molecule has 22 heavy (non-hydrogen) atoms. The summed E-state index contributed by atoms with van der Waals surface area (Å²) >= 11 is 0. The van der Waals surface area contributed by atoms with Crippen molar-refractivity contribution in [3.63, 3.8) is 0 Å². The third-order valence-electron chi connectivity index (χ3n) is 3.84. The summed E-state index contributed by atoms with van der Waals surface area (Å²) in [4.78, 5) is 4.50. The number of alkyl halides is 3. The van der Waals surface area contributed by atoms with E-state index in [2.05, 4.69) is 21.5 Å². The number of ether oxygens (including phenoxy) is 1. The molecule has 0 spiro atoms. The Morgan fingerprint density at radius 2 is 1.64 bits per heavy atom. The second kappa shape index (κ2) is 7.30. The van der Waals surface area contributed by atoms with Gasteiger partial charge in [0.1, 0.15) is 5.75 Å². The summed E-state index contributed by atoms with van der Waals surface area (Å²) in [6, 6.07) is 5.38. The van der Waals surface area contributed by atoms with Crippen LogP contribution in [0.3, 0.4) is 0 Å². The van der Waals surface area contributed by atoms with Gasteiger partial charge in [0.25, 0.3) is 0 Å². The van der Waals surface area contributed by atoms with Gasteiger partial charge in [-0.1, -0.05) is 19.1 Å². The molecule has 1 aliphatic heterocycles. The van der Waals surface area contributed by atoms with Crippen molar-refractivity contribution < 1.29 is 23.0 Å². The zero-order valence-electron chi connectivity index (χ0n) is 12.5. The highest BCUT2D eigenvalue weighted by molar-refractivity contribution is 5.28. The molecule has 0 aliphatic carbocycles. The van der Waals surface area contributed by atoms with Crippen LogP contribution in [0.1, 0.15) is 18.6 Å². The molecule has 1 N–H and O–H groups in total. The minimum Gasteiger partial charge on any atom is -0.406 e. The van der Waals surface area contributed by atoms with Gasteiger partial charge < -0.3 is 14.7 Å². The smallest absolute Gasteiger partial charge is 0.406 e. The zero-order valence-corrected chi connectivity index (χ0v) is 12.5. The van der Waals surface area contributed by atoms with E-state index >= 15 is 0 Å². The maximum atomic E-state index is 12.1. The number of hydrogen-bond donors (Lipinski definition) is 1. The lowest BCUT2D eigenvalue weighted by Gasteiger charge is -2.35. The van der Waals surface area contributed by atoms with E-state index in [9.17, 15) is 18.3 Å². The third kappa shape index (κ3) is 5.15. The topological polar surface area (TPSA) is 35.9 Å². The molecule has 0 saturated carbocycles. The molecule has 1 atom stereocenters. The van der Waals surface area contributed by atoms with Gasteiger partial charge in [0, 0.05) is 32.7 Å². The molecule has 0 radical (unpaired) electrons. The summed E-state index contributed by atoms with van der Waals surface area (Å²) in [5.41, 5.74) is 0.590. The fraction of sp³-hybridized carbons (Fsp3) is 0.600. The van der Waals surface area contributed by atoms with Gasteiger partial charge in [-0.3, -0.25) is 4.90 Å². The predicted octanol–water partition coefficient (Wildman–Crippen LogP) is 2.26. The highest BCUT2D eigenvalue weighted by Gasteiger charge is 2.31. The molecule has 1 fully saturated rings. The van der Waals surface area contributed by atoms with Crippen molar-refractivity contribution in [2.75, 3.05) is 39.3 Å². The first-order valence-electron chi connectivity index (χ1n) is 7.36. The lowest BCUT2D eigenvalue weighted by molar-refractivity contribution is -0.274. The van der Waals surface area contributed by atoms with E-state index in [0.717, 1.165) is 32.7 Å². The average Bonchev–Trinajstić information content (AvgIpc) is 2.47. The molecule has 1 saturated heterocycles. The van der Waals surface area contributed by atoms with Crippen LogP contribution in [0.5, 0.6) is 5.75 Å². The molecule has 1 aromatic rings. The standard InChI is InChI=1S/C15H21F3N2O2/c1-2-19-7-9-20(10-8-19)11-14(21)12-3-5-13(6-4-12)22-15(16,17)18/h3-6,14,21H,2,7-11H2,1H3/t14-/m1/s1. The van der Waals surface area contributed by atoms with Crippen LogP contribution in [0.4, 0.5) is 13.2 Å². The van der Waals surface area contributed by atoms with Crippen molar-refractivity contribution in [3.8, 4) is 5.75 Å². The van der Waals surface area contributed by atoms with E-state index in [0.29, 0.717) is 12.1 Å². The van der Waals surface area contributed by atoms with E-state index in [1.165, 1.54) is 24.3 Å². The fourth-order valence-corrected chi connectivity index (χ4v) is 2.53. The Balaban J connectivity index is 1.86. The molecule has 0 amide bonds. The predicted molar refractivity (Wildman–Crippen MR) is 76.6 cm³/mol. The van der Waals surface area contributed by atoms with Crippen LogP contribution in [0, 0.1) is 0 Å². The first-order chi connectivity index (χ1) is 10.4. The Labute approximate surface area is 128 Å². The van der Waals surface area contributed by atoms with Crippen molar-refractivity contribution >= 4 is 0 Å². The van der Waals surface area contributed by atoms with Gasteiger partial charge in [0.2, 0.25) is 0 Å². The Bertz CT molecular complexity index is 457. The van der Waals surface area contributed by atoms with Gasteiger partial charge in [-0.15, -0.1) is 13.2 Å². The summed E-state index contributed by atoms with van der Waals surface area (Å²) < 4.78 is 40.1. The van der Waals surface area contributed by atoms with Crippen molar-refractivity contribution in [2.24, 2.45) is 0 Å². The monoisotopic (exact) mass is 318 g/mol. The maximum Gasteiger partial charge on any atom is 0.573 e. The molecular weight excluding hydrogens is 297 g/mol. The van der Waals surface area contributed by atoms with Gasteiger partial charge in [-0.25, -0.2) is 0 Å². The summed E-state index contributed by atoms with van der Waals surface area (Å²) in [7, 11) is 0. The number of benzene rings is 1. The van der Waals surface area contributed by atoms with Gasteiger partial charge in [-0.05, 0) is 24.2 Å². The lowest BCUT2D eigenvalue weighted by Crippen LogP contribution is -2.47. The molecular formula is C15H21F3N2O2. The van der Waals surface area contributed by atoms with Crippen LogP contribution in [0.15, 0.2) is 24.3 Å². The molecule has 1 heterocycles. The number of aliphatic hydroxyl groups is 1. The van der Waals surface area contributed by atoms with E-state index in [1.807, 2.05) is 0 Å². The van der Waals surface area contributed by atoms with Crippen LogP contribution >= 0.6 is 0 Å². The molecule has 2 rings (SSSR count). The Morgan fingerprint density at radius 1 is 1.09 bits per heavy atom. The second-order valence-corrected chi connectivity index (χ2v) is 5.37. The molecule has 0 bridgehead atoms. The van der Waals surface area contributed by atoms with E-state index in [-0.39, 0.29) is 5.75 Å². The second-order valence-electron chi connectivity index (χ2n) is 5.37. The molecule has 4 nitrogen and oxygen atoms in total. The maximum absolute atomic E-state index is 12.1. The SMILES string of the molecule is CCN1CCN(C[C@@H](O)c2ccc(OC(F)(F)F)cc2)CC1. The first kappa shape index (κ1) is 17.1. The molecule has 7 heteroatoms. The molecule has 1 aromatic carbocycles. The Kier molecular flexibility index (Phi) is 5.66. The highest BCUT2D eigenvalue weighted by atomic mass is 19.4. The third-order valence-corrected chi connectivity index (χ3v) is 3.84. The van der Waals surface area contributed by atoms with Crippen LogP contribution in [0.25, 0.3) is 0 Å². The summed E-state index contributed by atoms with van der Waals surface area (Å²) in [5, 5.41) is 10.2. The number of β-amino-alcohol motifs (C(OH)–C–C–N with tert-alkyl or cyclic N) is 1. The molecule has 124 valence electrons. The summed E-state index contributed by atoms with van der Waals surface area (Å²) in [6.07, 6.45) is -5.41. The summed E-state index contributed by atoms with van der Waals surface area (Å²) in [5.74, 6) is -0.278. The van der Waals surface area contributed by atoms with Crippen molar-refractivity contribution in [3.05, 3.63) is 29.8 Å². The van der Waals surface area contributed by atoms with Crippen molar-refractivity contribution in [2.45, 2.75) is 19.4 Å². The number of rotatable bonds is 5. The van der Waals surface area contributed by atoms with Crippen molar-refractivity contribution in [1.29, 1.82) is 0 Å². The van der Waals surface area contributed by atoms with Crippen LogP contribution < -0.4 is 4.74 Å². The minimum atomic E-state index is -4.70. The quantitative estimate of drug-likeness (QED) is 0.903. The highest BCUT2D eigenvalue weighted by Crippen LogP contribution is 2.24. The van der Waals surface area contributed by atoms with E-state index in [4.69, 9.17) is 0 Å². The summed E-state index contributed by atoms with van der Waals surface area (Å²) in [6.45, 7) is 7.35. The van der Waals surface area contributed by atoms with Crippen molar-refractivity contribution in [1.82, 2.24) is 9.80 Å². The molecule has 1 aliphatic rings. The van der Waals surface area contributed by atoms with Gasteiger partial charge in [-0.2, -0.15) is 0 Å². The minimum absolute atomic E-state index is 0.278. The van der Waals surface area contributed by atoms with Gasteiger partial charge in [0.05, 0.1) is 6.10 Å². The van der Waals surface area contributed by atoms with Crippen LogP contribution in [-0.4, -0.2) is 60.5 Å². The van der Waals surface area contributed by atoms with E-state index in [1.54, 1.807) is 0 Å². The molecule has 0 aromatic heterocycles. The number of piperazine rings is 1. The fourth-order valence-electron chi connectivity index (χ4n) is 2.53. The zero-order chi connectivity index (χ0) is 16.2. The number of likely N-dealkylation sites (N-methyl/N-ethyl adjacent to an activating group) is 1.